The number of rotatable bonds is 6. The summed E-state index contributed by atoms with van der Waals surface area (Å²) in [5.41, 5.74) is 1.21. The minimum atomic E-state index is -0.0936. The molecule has 1 amide bonds. The van der Waals surface area contributed by atoms with E-state index >= 15 is 0 Å². The summed E-state index contributed by atoms with van der Waals surface area (Å²) in [4.78, 5) is 24.9. The number of nitrogens with one attached hydrogen (secondary N) is 1. The first-order valence-corrected chi connectivity index (χ1v) is 6.04. The summed E-state index contributed by atoms with van der Waals surface area (Å²) in [5.74, 6) is -0.0863. The predicted octanol–water partition coefficient (Wildman–Crippen LogP) is 1.57. The van der Waals surface area contributed by atoms with Crippen LogP contribution in [0.5, 0.6) is 0 Å². The van der Waals surface area contributed by atoms with Crippen molar-refractivity contribution in [3.05, 3.63) is 35.4 Å². The molecule has 1 aromatic carbocycles. The Hall–Kier alpha value is -1.68. The van der Waals surface area contributed by atoms with Crippen LogP contribution in [-0.4, -0.2) is 43.8 Å². The van der Waals surface area contributed by atoms with E-state index in [1.807, 2.05) is 14.1 Å². The number of hydrogen-bond donors (Lipinski definition) is 1. The number of carbonyl (C=O) groups excluding carboxylic acids is 2. The molecule has 0 heterocycles. The molecule has 0 atom stereocenters. The van der Waals surface area contributed by atoms with Crippen molar-refractivity contribution < 1.29 is 9.59 Å². The Morgan fingerprint density at radius 1 is 1.11 bits per heavy atom. The fourth-order valence-electron chi connectivity index (χ4n) is 1.56. The Kier molecular flexibility index (Phi) is 5.52. The zero-order valence-electron chi connectivity index (χ0n) is 11.2. The van der Waals surface area contributed by atoms with Crippen LogP contribution in [0.15, 0.2) is 24.3 Å². The minimum absolute atomic E-state index is 0.00735. The molecule has 18 heavy (non-hydrogen) atoms. The number of carbonyl (C=O) groups is 2. The third kappa shape index (κ3) is 4.67. The van der Waals surface area contributed by atoms with Gasteiger partial charge in [0.05, 0.1) is 0 Å². The lowest BCUT2D eigenvalue weighted by Crippen LogP contribution is -2.27. The van der Waals surface area contributed by atoms with E-state index in [-0.39, 0.29) is 11.7 Å². The van der Waals surface area contributed by atoms with Gasteiger partial charge in [0.15, 0.2) is 5.78 Å². The minimum Gasteiger partial charge on any atom is -0.352 e. The van der Waals surface area contributed by atoms with Gasteiger partial charge in [-0.15, -0.1) is 0 Å². The lowest BCUT2D eigenvalue weighted by Gasteiger charge is -2.10. The molecule has 0 aliphatic carbocycles. The summed E-state index contributed by atoms with van der Waals surface area (Å²) in [7, 11) is 4.00. The summed E-state index contributed by atoms with van der Waals surface area (Å²) < 4.78 is 0. The SMILES string of the molecule is CC(=O)c1ccc(C(=O)NCCCN(C)C)cc1. The molecular weight excluding hydrogens is 228 g/mol. The van der Waals surface area contributed by atoms with Gasteiger partial charge in [-0.3, -0.25) is 9.59 Å². The lowest BCUT2D eigenvalue weighted by atomic mass is 10.1. The van der Waals surface area contributed by atoms with Crippen molar-refractivity contribution in [3.63, 3.8) is 0 Å². The topological polar surface area (TPSA) is 49.4 Å². The van der Waals surface area contributed by atoms with Gasteiger partial charge < -0.3 is 10.2 Å². The fraction of sp³-hybridized carbons (Fsp3) is 0.429. The Balaban J connectivity index is 2.44. The first-order chi connectivity index (χ1) is 8.50. The van der Waals surface area contributed by atoms with Crippen molar-refractivity contribution in [2.24, 2.45) is 0 Å². The normalized spacial score (nSPS) is 10.4. The van der Waals surface area contributed by atoms with Crippen LogP contribution in [0.2, 0.25) is 0 Å². The van der Waals surface area contributed by atoms with Gasteiger partial charge in [0.25, 0.3) is 5.91 Å². The van der Waals surface area contributed by atoms with Crippen molar-refractivity contribution in [2.75, 3.05) is 27.2 Å². The number of hydrogen-bond acceptors (Lipinski definition) is 3. The zero-order valence-corrected chi connectivity index (χ0v) is 11.2. The van der Waals surface area contributed by atoms with Crippen molar-refractivity contribution in [3.8, 4) is 0 Å². The predicted molar refractivity (Wildman–Crippen MR) is 72.0 cm³/mol. The second-order valence-corrected chi connectivity index (χ2v) is 4.55. The number of Topliss-reactive ketones (excluding diaryl/α,β-unsaturated/α-hetero) is 1. The summed E-state index contributed by atoms with van der Waals surface area (Å²) in [5, 5.41) is 2.85. The highest BCUT2D eigenvalue weighted by Crippen LogP contribution is 2.05. The highest BCUT2D eigenvalue weighted by atomic mass is 16.1. The summed E-state index contributed by atoms with van der Waals surface area (Å²) in [6, 6.07) is 6.71. The standard InChI is InChI=1S/C14H20N2O2/c1-11(17)12-5-7-13(8-6-12)14(18)15-9-4-10-16(2)3/h5-8H,4,9-10H2,1-3H3,(H,15,18). The molecule has 0 aliphatic rings. The highest BCUT2D eigenvalue weighted by Gasteiger charge is 2.05. The molecule has 1 aromatic rings. The summed E-state index contributed by atoms with van der Waals surface area (Å²) in [6.45, 7) is 3.12. The molecule has 4 heteroatoms. The number of benzene rings is 1. The smallest absolute Gasteiger partial charge is 0.251 e. The van der Waals surface area contributed by atoms with Gasteiger partial charge in [0, 0.05) is 17.7 Å². The van der Waals surface area contributed by atoms with Crippen LogP contribution in [0.4, 0.5) is 0 Å². The highest BCUT2D eigenvalue weighted by molar-refractivity contribution is 5.97. The maximum Gasteiger partial charge on any atom is 0.251 e. The van der Waals surface area contributed by atoms with Crippen LogP contribution in [0, 0.1) is 0 Å². The first kappa shape index (κ1) is 14.4. The Bertz CT molecular complexity index is 410. The second-order valence-electron chi connectivity index (χ2n) is 4.55. The number of nitrogens with zero attached hydrogens (tertiary/aromatic N) is 1. The average molecular weight is 248 g/mol. The van der Waals surface area contributed by atoms with Gasteiger partial charge in [-0.05, 0) is 46.1 Å². The van der Waals surface area contributed by atoms with E-state index in [1.165, 1.54) is 6.92 Å². The average Bonchev–Trinajstić information content (AvgIpc) is 2.34. The van der Waals surface area contributed by atoms with E-state index in [0.29, 0.717) is 17.7 Å². The van der Waals surface area contributed by atoms with Gasteiger partial charge in [0.2, 0.25) is 0 Å². The van der Waals surface area contributed by atoms with Crippen LogP contribution >= 0.6 is 0 Å². The van der Waals surface area contributed by atoms with E-state index in [1.54, 1.807) is 24.3 Å². The first-order valence-electron chi connectivity index (χ1n) is 6.04. The van der Waals surface area contributed by atoms with E-state index in [9.17, 15) is 9.59 Å². The molecule has 0 saturated carbocycles. The van der Waals surface area contributed by atoms with Crippen LogP contribution < -0.4 is 5.32 Å². The van der Waals surface area contributed by atoms with Crippen LogP contribution in [0.1, 0.15) is 34.1 Å². The molecule has 0 radical (unpaired) electrons. The molecule has 0 aliphatic heterocycles. The second kappa shape index (κ2) is 6.91. The van der Waals surface area contributed by atoms with Crippen molar-refractivity contribution >= 4 is 11.7 Å². The number of amides is 1. The Labute approximate surface area is 108 Å². The molecule has 0 spiro atoms. The van der Waals surface area contributed by atoms with E-state index in [2.05, 4.69) is 10.2 Å². The monoisotopic (exact) mass is 248 g/mol. The molecular formula is C14H20N2O2. The third-order valence-electron chi connectivity index (χ3n) is 2.62. The van der Waals surface area contributed by atoms with Gasteiger partial charge in [-0.2, -0.15) is 0 Å². The maximum absolute atomic E-state index is 11.8. The molecule has 0 saturated heterocycles. The van der Waals surface area contributed by atoms with Crippen LogP contribution in [0.25, 0.3) is 0 Å². The van der Waals surface area contributed by atoms with E-state index in [0.717, 1.165) is 13.0 Å². The molecule has 0 aromatic heterocycles. The lowest BCUT2D eigenvalue weighted by molar-refractivity contribution is 0.0950. The Morgan fingerprint density at radius 2 is 1.67 bits per heavy atom. The summed E-state index contributed by atoms with van der Waals surface area (Å²) >= 11 is 0. The molecule has 0 bridgehead atoms. The molecule has 1 N–H and O–H groups in total. The molecule has 4 nitrogen and oxygen atoms in total. The number of ketones is 1. The fourth-order valence-corrected chi connectivity index (χ4v) is 1.56. The van der Waals surface area contributed by atoms with E-state index < -0.39 is 0 Å². The molecule has 1 rings (SSSR count). The van der Waals surface area contributed by atoms with Crippen LogP contribution in [0.3, 0.4) is 0 Å². The maximum atomic E-state index is 11.8. The van der Waals surface area contributed by atoms with E-state index in [4.69, 9.17) is 0 Å². The largest absolute Gasteiger partial charge is 0.352 e. The van der Waals surface area contributed by atoms with Crippen LogP contribution in [-0.2, 0) is 0 Å². The van der Waals surface area contributed by atoms with Gasteiger partial charge in [-0.25, -0.2) is 0 Å². The third-order valence-corrected chi connectivity index (χ3v) is 2.62. The Morgan fingerprint density at radius 3 is 2.17 bits per heavy atom. The molecule has 98 valence electrons. The quantitative estimate of drug-likeness (QED) is 0.614. The molecule has 0 unspecified atom stereocenters. The van der Waals surface area contributed by atoms with Gasteiger partial charge in [0.1, 0.15) is 0 Å². The van der Waals surface area contributed by atoms with Crippen molar-refractivity contribution in [1.82, 2.24) is 10.2 Å². The van der Waals surface area contributed by atoms with Crippen molar-refractivity contribution in [1.29, 1.82) is 0 Å². The molecule has 0 fully saturated rings. The zero-order chi connectivity index (χ0) is 13.5. The van der Waals surface area contributed by atoms with Crippen molar-refractivity contribution in [2.45, 2.75) is 13.3 Å². The van der Waals surface area contributed by atoms with Gasteiger partial charge >= 0.3 is 0 Å². The van der Waals surface area contributed by atoms with Gasteiger partial charge in [-0.1, -0.05) is 12.1 Å². The summed E-state index contributed by atoms with van der Waals surface area (Å²) in [6.07, 6.45) is 0.921.